The molecule has 0 saturated carbocycles. The first-order chi connectivity index (χ1) is 26.3. The van der Waals surface area contributed by atoms with Gasteiger partial charge in [-0.05, 0) is 31.1 Å². The molecule has 0 aromatic rings. The zero-order chi connectivity index (χ0) is 39.7. The van der Waals surface area contributed by atoms with Crippen molar-refractivity contribution in [3.8, 4) is 0 Å². The second-order valence-electron chi connectivity index (χ2n) is 16.9. The van der Waals surface area contributed by atoms with Gasteiger partial charge in [-0.3, -0.25) is 14.4 Å². The maximum Gasteiger partial charge on any atom is 0.306 e. The molecule has 0 fully saturated rings. The van der Waals surface area contributed by atoms with Gasteiger partial charge in [0.1, 0.15) is 13.2 Å². The Morgan fingerprint density at radius 2 is 0.648 bits per heavy atom. The molecule has 0 aromatic carbocycles. The van der Waals surface area contributed by atoms with E-state index in [1.54, 1.807) is 0 Å². The van der Waals surface area contributed by atoms with E-state index in [0.717, 1.165) is 69.6 Å². The Hall–Kier alpha value is -1.59. The molecule has 0 aliphatic rings. The molecule has 2 unspecified atom stereocenters. The van der Waals surface area contributed by atoms with Gasteiger partial charge in [-0.2, -0.15) is 0 Å². The smallest absolute Gasteiger partial charge is 0.306 e. The monoisotopic (exact) mass is 765 g/mol. The fourth-order valence-corrected chi connectivity index (χ4v) is 7.04. The van der Waals surface area contributed by atoms with Gasteiger partial charge in [0.25, 0.3) is 0 Å². The van der Waals surface area contributed by atoms with Gasteiger partial charge in [-0.1, -0.05) is 221 Å². The van der Waals surface area contributed by atoms with Gasteiger partial charge in [0.15, 0.2) is 6.10 Å². The summed E-state index contributed by atoms with van der Waals surface area (Å²) in [5.74, 6) is 0.827. The number of hydrogen-bond donors (Lipinski definition) is 0. The molecule has 0 aromatic heterocycles. The third kappa shape index (κ3) is 38.7. The highest BCUT2D eigenvalue weighted by Gasteiger charge is 2.19. The van der Waals surface area contributed by atoms with Crippen LogP contribution in [0.15, 0.2) is 0 Å². The van der Waals surface area contributed by atoms with E-state index in [1.165, 1.54) is 148 Å². The van der Waals surface area contributed by atoms with Crippen molar-refractivity contribution < 1.29 is 28.6 Å². The van der Waals surface area contributed by atoms with Crippen LogP contribution in [0.2, 0.25) is 0 Å². The fraction of sp³-hybridized carbons (Fsp3) is 0.938. The first kappa shape index (κ1) is 52.4. The summed E-state index contributed by atoms with van der Waals surface area (Å²) in [4.78, 5) is 37.8. The van der Waals surface area contributed by atoms with Crippen LogP contribution in [0.25, 0.3) is 0 Å². The maximum absolute atomic E-state index is 12.7. The lowest BCUT2D eigenvalue weighted by atomic mass is 9.99. The SMILES string of the molecule is CCCCCCCCCCCCCCC(=O)O[C@@H](COC(=O)CCCCCCCCCCCCC(C)CC)COC(=O)CCCCCCCCC(C)CC. The highest BCUT2D eigenvalue weighted by molar-refractivity contribution is 5.71. The molecular weight excluding hydrogens is 673 g/mol. The average Bonchev–Trinajstić information content (AvgIpc) is 3.17. The molecular formula is C48H92O6. The highest BCUT2D eigenvalue weighted by atomic mass is 16.6. The predicted molar refractivity (Wildman–Crippen MR) is 229 cm³/mol. The van der Waals surface area contributed by atoms with Crippen LogP contribution in [0.4, 0.5) is 0 Å². The van der Waals surface area contributed by atoms with E-state index < -0.39 is 6.10 Å². The van der Waals surface area contributed by atoms with Crippen molar-refractivity contribution in [2.45, 2.75) is 265 Å². The zero-order valence-electron chi connectivity index (χ0n) is 36.8. The summed E-state index contributed by atoms with van der Waals surface area (Å²) in [6, 6.07) is 0. The molecule has 0 amide bonds. The van der Waals surface area contributed by atoms with Gasteiger partial charge < -0.3 is 14.2 Å². The van der Waals surface area contributed by atoms with E-state index in [2.05, 4.69) is 34.6 Å². The molecule has 0 radical (unpaired) electrons. The number of rotatable bonds is 42. The summed E-state index contributed by atoms with van der Waals surface area (Å²) >= 11 is 0. The van der Waals surface area contributed by atoms with E-state index in [9.17, 15) is 14.4 Å². The van der Waals surface area contributed by atoms with Crippen LogP contribution in [-0.4, -0.2) is 37.2 Å². The molecule has 0 spiro atoms. The van der Waals surface area contributed by atoms with Gasteiger partial charge in [0.05, 0.1) is 0 Å². The third-order valence-electron chi connectivity index (χ3n) is 11.4. The molecule has 3 atom stereocenters. The Morgan fingerprint density at radius 3 is 0.963 bits per heavy atom. The lowest BCUT2D eigenvalue weighted by molar-refractivity contribution is -0.167. The lowest BCUT2D eigenvalue weighted by Crippen LogP contribution is -2.30. The van der Waals surface area contributed by atoms with Gasteiger partial charge in [-0.15, -0.1) is 0 Å². The predicted octanol–water partition coefficient (Wildman–Crippen LogP) is 15.0. The summed E-state index contributed by atoms with van der Waals surface area (Å²) in [5.41, 5.74) is 0. The Kier molecular flexibility index (Phi) is 39.8. The summed E-state index contributed by atoms with van der Waals surface area (Å²) in [6.45, 7) is 11.3. The minimum atomic E-state index is -0.761. The maximum atomic E-state index is 12.7. The normalized spacial score (nSPS) is 13.1. The van der Waals surface area contributed by atoms with Crippen molar-refractivity contribution in [2.24, 2.45) is 11.8 Å². The van der Waals surface area contributed by atoms with Gasteiger partial charge in [0, 0.05) is 19.3 Å². The van der Waals surface area contributed by atoms with Gasteiger partial charge in [-0.25, -0.2) is 0 Å². The molecule has 0 N–H and O–H groups in total. The lowest BCUT2D eigenvalue weighted by Gasteiger charge is -2.18. The molecule has 0 rings (SSSR count). The molecule has 320 valence electrons. The van der Waals surface area contributed by atoms with Crippen LogP contribution in [-0.2, 0) is 28.6 Å². The number of ether oxygens (including phenoxy) is 3. The largest absolute Gasteiger partial charge is 0.462 e. The zero-order valence-corrected chi connectivity index (χ0v) is 36.8. The van der Waals surface area contributed by atoms with Crippen molar-refractivity contribution in [3.05, 3.63) is 0 Å². The molecule has 0 bridgehead atoms. The minimum absolute atomic E-state index is 0.0652. The number of carbonyl (C=O) groups is 3. The molecule has 0 aliphatic carbocycles. The molecule has 0 heterocycles. The van der Waals surface area contributed by atoms with E-state index >= 15 is 0 Å². The number of hydrogen-bond acceptors (Lipinski definition) is 6. The third-order valence-corrected chi connectivity index (χ3v) is 11.4. The van der Waals surface area contributed by atoms with Crippen molar-refractivity contribution in [3.63, 3.8) is 0 Å². The number of unbranched alkanes of at least 4 members (excludes halogenated alkanes) is 25. The highest BCUT2D eigenvalue weighted by Crippen LogP contribution is 2.17. The van der Waals surface area contributed by atoms with Crippen molar-refractivity contribution >= 4 is 17.9 Å². The number of carbonyl (C=O) groups excluding carboxylic acids is 3. The van der Waals surface area contributed by atoms with Crippen LogP contribution < -0.4 is 0 Å². The van der Waals surface area contributed by atoms with Gasteiger partial charge in [0.2, 0.25) is 0 Å². The van der Waals surface area contributed by atoms with E-state index in [0.29, 0.717) is 19.3 Å². The van der Waals surface area contributed by atoms with Crippen molar-refractivity contribution in [1.29, 1.82) is 0 Å². The second-order valence-corrected chi connectivity index (χ2v) is 16.9. The topological polar surface area (TPSA) is 78.9 Å². The first-order valence-corrected chi connectivity index (χ1v) is 23.8. The van der Waals surface area contributed by atoms with Crippen LogP contribution >= 0.6 is 0 Å². The van der Waals surface area contributed by atoms with Crippen LogP contribution in [0.3, 0.4) is 0 Å². The second kappa shape index (κ2) is 41.1. The molecule has 54 heavy (non-hydrogen) atoms. The van der Waals surface area contributed by atoms with E-state index in [1.807, 2.05) is 0 Å². The van der Waals surface area contributed by atoms with Crippen molar-refractivity contribution in [2.75, 3.05) is 13.2 Å². The Balaban J connectivity index is 4.34. The fourth-order valence-electron chi connectivity index (χ4n) is 7.04. The summed E-state index contributed by atoms with van der Waals surface area (Å²) in [5, 5.41) is 0. The Labute approximate surface area is 336 Å². The van der Waals surface area contributed by atoms with Crippen LogP contribution in [0.5, 0.6) is 0 Å². The average molecular weight is 765 g/mol. The van der Waals surface area contributed by atoms with Crippen LogP contribution in [0.1, 0.15) is 259 Å². The standard InChI is InChI=1S/C48H92O6/c1-6-9-10-11-12-13-14-15-20-23-30-35-40-48(51)54-45(42-53-47(50)39-34-29-25-24-27-32-37-44(5)8-3)41-52-46(49)38-33-28-22-19-17-16-18-21-26-31-36-43(4)7-2/h43-45H,6-42H2,1-5H3/t43?,44?,45-/m0/s1. The first-order valence-electron chi connectivity index (χ1n) is 23.8. The van der Waals surface area contributed by atoms with Gasteiger partial charge >= 0.3 is 17.9 Å². The molecule has 0 aliphatic heterocycles. The molecule has 0 saturated heterocycles. The Morgan fingerprint density at radius 1 is 0.370 bits per heavy atom. The Bertz CT molecular complexity index is 828. The summed E-state index contributed by atoms with van der Waals surface area (Å²) in [6.07, 6.45) is 39.3. The minimum Gasteiger partial charge on any atom is -0.462 e. The summed E-state index contributed by atoms with van der Waals surface area (Å²) in [7, 11) is 0. The molecule has 6 heteroatoms. The van der Waals surface area contributed by atoms with Crippen LogP contribution in [0, 0.1) is 11.8 Å². The summed E-state index contributed by atoms with van der Waals surface area (Å²) < 4.78 is 16.7. The van der Waals surface area contributed by atoms with E-state index in [4.69, 9.17) is 14.2 Å². The van der Waals surface area contributed by atoms with E-state index in [-0.39, 0.29) is 31.1 Å². The quantitative estimate of drug-likeness (QED) is 0.0350. The van der Waals surface area contributed by atoms with Crippen molar-refractivity contribution in [1.82, 2.24) is 0 Å². The molecule has 6 nitrogen and oxygen atoms in total. The number of esters is 3.